The minimum Gasteiger partial charge on any atom is -0.497 e. The lowest BCUT2D eigenvalue weighted by Gasteiger charge is -2.36. The molecule has 1 aliphatic carbocycles. The molecule has 4 rings (SSSR count). The molecular weight excluding hydrogens is 396 g/mol. The van der Waals surface area contributed by atoms with E-state index < -0.39 is 5.41 Å². The normalized spacial score (nSPS) is 19.9. The van der Waals surface area contributed by atoms with Crippen molar-refractivity contribution in [3.05, 3.63) is 65.4 Å². The number of carbonyl (C=O) groups excluding carboxylic acids is 1. The highest BCUT2D eigenvalue weighted by atomic mass is 16.5. The molecule has 1 aliphatic heterocycles. The van der Waals surface area contributed by atoms with E-state index in [4.69, 9.17) is 4.74 Å². The molecule has 4 nitrogen and oxygen atoms in total. The third-order valence-corrected chi connectivity index (χ3v) is 7.08. The number of amides is 1. The van der Waals surface area contributed by atoms with Crippen LogP contribution < -0.4 is 15.4 Å². The maximum Gasteiger partial charge on any atom is 0.235 e. The van der Waals surface area contributed by atoms with Gasteiger partial charge in [0, 0.05) is 28.4 Å². The van der Waals surface area contributed by atoms with Gasteiger partial charge < -0.3 is 15.4 Å². The van der Waals surface area contributed by atoms with Gasteiger partial charge in [0.25, 0.3) is 0 Å². The maximum atomic E-state index is 13.7. The number of methoxy groups -OCH3 is 1. The van der Waals surface area contributed by atoms with E-state index in [1.165, 1.54) is 17.7 Å². The van der Waals surface area contributed by atoms with Crippen molar-refractivity contribution in [2.75, 3.05) is 17.7 Å². The number of benzene rings is 2. The van der Waals surface area contributed by atoms with Crippen LogP contribution in [0.25, 0.3) is 0 Å². The molecule has 0 saturated heterocycles. The third kappa shape index (κ3) is 4.28. The Labute approximate surface area is 192 Å². The predicted octanol–water partition coefficient (Wildman–Crippen LogP) is 6.99. The third-order valence-electron chi connectivity index (χ3n) is 7.08. The molecule has 0 radical (unpaired) electrons. The number of ether oxygens (including phenoxy) is 1. The van der Waals surface area contributed by atoms with Gasteiger partial charge in [0.1, 0.15) is 5.75 Å². The first kappa shape index (κ1) is 22.4. The summed E-state index contributed by atoms with van der Waals surface area (Å²) in [6, 6.07) is 14.3. The first-order chi connectivity index (χ1) is 15.2. The topological polar surface area (TPSA) is 50.4 Å². The van der Waals surface area contributed by atoms with Gasteiger partial charge in [-0.2, -0.15) is 0 Å². The summed E-state index contributed by atoms with van der Waals surface area (Å²) in [6.07, 6.45) is 7.40. The van der Waals surface area contributed by atoms with E-state index in [2.05, 4.69) is 68.7 Å². The summed E-state index contributed by atoms with van der Waals surface area (Å²) in [4.78, 5) is 13.7. The molecule has 2 aromatic carbocycles. The zero-order valence-corrected chi connectivity index (χ0v) is 20.0. The van der Waals surface area contributed by atoms with Gasteiger partial charge >= 0.3 is 0 Å². The largest absolute Gasteiger partial charge is 0.497 e. The Morgan fingerprint density at radius 2 is 1.75 bits per heavy atom. The van der Waals surface area contributed by atoms with Crippen molar-refractivity contribution < 1.29 is 9.53 Å². The Hall–Kier alpha value is -2.75. The van der Waals surface area contributed by atoms with Gasteiger partial charge in [-0.05, 0) is 54.3 Å². The Morgan fingerprint density at radius 1 is 1.06 bits per heavy atom. The summed E-state index contributed by atoms with van der Waals surface area (Å²) >= 11 is 0. The van der Waals surface area contributed by atoms with E-state index >= 15 is 0 Å². The number of hydrogen-bond acceptors (Lipinski definition) is 3. The molecule has 0 spiro atoms. The van der Waals surface area contributed by atoms with Crippen LogP contribution in [-0.4, -0.2) is 13.0 Å². The van der Waals surface area contributed by atoms with E-state index in [1.807, 2.05) is 18.2 Å². The van der Waals surface area contributed by atoms with Crippen LogP contribution in [0.15, 0.2) is 54.2 Å². The fraction of sp³-hybridized carbons (Fsp3) is 0.464. The van der Waals surface area contributed by atoms with Gasteiger partial charge in [0.05, 0.1) is 12.5 Å². The highest BCUT2D eigenvalue weighted by Gasteiger charge is 2.41. The fourth-order valence-electron chi connectivity index (χ4n) is 5.06. The summed E-state index contributed by atoms with van der Waals surface area (Å²) in [5, 5.41) is 6.86. The number of hydrogen-bond donors (Lipinski definition) is 2. The monoisotopic (exact) mass is 432 g/mol. The Bertz CT molecular complexity index is 1010. The number of carbonyl (C=O) groups is 1. The van der Waals surface area contributed by atoms with E-state index in [1.54, 1.807) is 7.11 Å². The molecule has 1 heterocycles. The van der Waals surface area contributed by atoms with Crippen molar-refractivity contribution in [1.82, 2.24) is 0 Å². The van der Waals surface area contributed by atoms with Gasteiger partial charge in [-0.15, -0.1) is 0 Å². The molecule has 1 atom stereocenters. The van der Waals surface area contributed by atoms with Crippen molar-refractivity contribution in [2.24, 2.45) is 5.41 Å². The summed E-state index contributed by atoms with van der Waals surface area (Å²) < 4.78 is 5.33. The zero-order chi connectivity index (χ0) is 22.9. The maximum absolute atomic E-state index is 13.7. The highest BCUT2D eigenvalue weighted by Crippen LogP contribution is 2.42. The molecule has 2 N–H and O–H groups in total. The van der Waals surface area contributed by atoms with Crippen LogP contribution in [0.4, 0.5) is 11.4 Å². The molecule has 0 aromatic heterocycles. The molecule has 32 heavy (non-hydrogen) atoms. The van der Waals surface area contributed by atoms with Crippen molar-refractivity contribution in [3.8, 4) is 5.75 Å². The quantitative estimate of drug-likeness (QED) is 0.547. The smallest absolute Gasteiger partial charge is 0.235 e. The second-order valence-corrected chi connectivity index (χ2v) is 10.4. The molecule has 2 aromatic rings. The molecule has 1 amide bonds. The fourth-order valence-corrected chi connectivity index (χ4v) is 5.06. The van der Waals surface area contributed by atoms with Crippen molar-refractivity contribution >= 4 is 17.3 Å². The standard InChI is InChI=1S/C28H36N2O2/c1-19-17-25(27(2,3)4)30-24-14-11-21(18-23(19)24)29-26(31)28(15-7-6-8-16-28)20-9-12-22(32-5)13-10-20/h9-14,17-19,30H,6-8,15-16H2,1-5H3,(H,29,31). The van der Waals surface area contributed by atoms with Gasteiger partial charge in [-0.3, -0.25) is 4.79 Å². The average molecular weight is 433 g/mol. The molecular formula is C28H36N2O2. The van der Waals surface area contributed by atoms with Gasteiger partial charge in [0.15, 0.2) is 0 Å². The van der Waals surface area contributed by atoms with Gasteiger partial charge in [0.2, 0.25) is 5.91 Å². The summed E-state index contributed by atoms with van der Waals surface area (Å²) in [6.45, 7) is 8.89. The van der Waals surface area contributed by atoms with Crippen LogP contribution in [0.5, 0.6) is 5.75 Å². The van der Waals surface area contributed by atoms with E-state index in [-0.39, 0.29) is 11.3 Å². The van der Waals surface area contributed by atoms with Crippen LogP contribution in [0.3, 0.4) is 0 Å². The molecule has 1 unspecified atom stereocenters. The van der Waals surface area contributed by atoms with Crippen molar-refractivity contribution in [1.29, 1.82) is 0 Å². The molecule has 1 fully saturated rings. The summed E-state index contributed by atoms with van der Waals surface area (Å²) in [5.74, 6) is 1.21. The SMILES string of the molecule is COc1ccc(C2(C(=O)Nc3ccc4c(c3)C(C)C=C(C(C)(C)C)N4)CCCCC2)cc1. The first-order valence-corrected chi connectivity index (χ1v) is 11.8. The lowest BCUT2D eigenvalue weighted by molar-refractivity contribution is -0.122. The number of rotatable bonds is 4. The summed E-state index contributed by atoms with van der Waals surface area (Å²) in [7, 11) is 1.67. The Balaban J connectivity index is 1.60. The average Bonchev–Trinajstić information content (AvgIpc) is 2.79. The second-order valence-electron chi connectivity index (χ2n) is 10.4. The van der Waals surface area contributed by atoms with Crippen LogP contribution in [0, 0.1) is 5.41 Å². The molecule has 2 aliphatic rings. The highest BCUT2D eigenvalue weighted by molar-refractivity contribution is 5.99. The number of anilines is 2. The van der Waals surface area contributed by atoms with Gasteiger partial charge in [-0.1, -0.05) is 65.2 Å². The van der Waals surface area contributed by atoms with Gasteiger partial charge in [-0.25, -0.2) is 0 Å². The summed E-state index contributed by atoms with van der Waals surface area (Å²) in [5.41, 5.74) is 5.14. The Kier molecular flexibility index (Phi) is 6.07. The van der Waals surface area contributed by atoms with Crippen molar-refractivity contribution in [2.45, 2.75) is 71.1 Å². The van der Waals surface area contributed by atoms with E-state index in [0.717, 1.165) is 48.4 Å². The molecule has 4 heteroatoms. The number of fused-ring (bicyclic) bond motifs is 1. The van der Waals surface area contributed by atoms with Crippen LogP contribution in [0.2, 0.25) is 0 Å². The minimum absolute atomic E-state index is 0.0740. The molecule has 170 valence electrons. The van der Waals surface area contributed by atoms with Crippen LogP contribution in [-0.2, 0) is 10.2 Å². The minimum atomic E-state index is -0.483. The first-order valence-electron chi connectivity index (χ1n) is 11.8. The van der Waals surface area contributed by atoms with Crippen LogP contribution in [0.1, 0.15) is 76.8 Å². The lowest BCUT2D eigenvalue weighted by atomic mass is 9.68. The Morgan fingerprint density at radius 3 is 2.38 bits per heavy atom. The molecule has 1 saturated carbocycles. The zero-order valence-electron chi connectivity index (χ0n) is 20.0. The molecule has 0 bridgehead atoms. The van der Waals surface area contributed by atoms with E-state index in [0.29, 0.717) is 5.92 Å². The number of nitrogens with one attached hydrogen (secondary N) is 2. The van der Waals surface area contributed by atoms with Crippen LogP contribution >= 0.6 is 0 Å². The van der Waals surface area contributed by atoms with E-state index in [9.17, 15) is 4.79 Å². The second kappa shape index (κ2) is 8.65. The predicted molar refractivity (Wildman–Crippen MR) is 132 cm³/mol. The number of allylic oxidation sites excluding steroid dienone is 2. The van der Waals surface area contributed by atoms with Crippen molar-refractivity contribution in [3.63, 3.8) is 0 Å². The lowest BCUT2D eigenvalue weighted by Crippen LogP contribution is -2.42.